The Bertz CT molecular complexity index is 223. The fourth-order valence-corrected chi connectivity index (χ4v) is 2.61. The summed E-state index contributed by atoms with van der Waals surface area (Å²) in [6, 6.07) is 0. The average Bonchev–Trinajstić information content (AvgIpc) is 2.46. The molecule has 106 valence electrons. The van der Waals surface area contributed by atoms with E-state index in [1.54, 1.807) is 0 Å². The molecule has 2 heterocycles. The minimum atomic E-state index is 1.11. The average molecular weight is 255 g/mol. The summed E-state index contributed by atoms with van der Waals surface area (Å²) in [6.07, 6.45) is 0. The Morgan fingerprint density at radius 3 is 1.61 bits per heavy atom. The van der Waals surface area contributed by atoms with Crippen LogP contribution in [0.25, 0.3) is 0 Å². The third kappa shape index (κ3) is 5.20. The summed E-state index contributed by atoms with van der Waals surface area (Å²) in [4.78, 5) is 7.63. The maximum atomic E-state index is 3.55. The van der Waals surface area contributed by atoms with Crippen molar-refractivity contribution >= 4 is 0 Å². The number of fused-ring (bicyclic) bond motifs is 3. The molecule has 2 aliphatic rings. The van der Waals surface area contributed by atoms with Crippen LogP contribution in [0, 0.1) is 0 Å². The zero-order valence-corrected chi connectivity index (χ0v) is 11.8. The van der Waals surface area contributed by atoms with E-state index in [4.69, 9.17) is 0 Å². The van der Waals surface area contributed by atoms with E-state index in [-0.39, 0.29) is 0 Å². The van der Waals surface area contributed by atoms with Crippen LogP contribution in [0.1, 0.15) is 0 Å². The minimum Gasteiger partial charge on any atom is -0.314 e. The number of hydrogen-bond donors (Lipinski definition) is 2. The fraction of sp³-hybridized carbons (Fsp3) is 1.00. The van der Waals surface area contributed by atoms with Gasteiger partial charge in [-0.2, -0.15) is 0 Å². The Hall–Kier alpha value is -0.200. The van der Waals surface area contributed by atoms with Crippen LogP contribution in [-0.4, -0.2) is 100 Å². The van der Waals surface area contributed by atoms with Crippen LogP contribution < -0.4 is 10.6 Å². The molecular formula is C13H29N5. The third-order valence-electron chi connectivity index (χ3n) is 4.02. The predicted octanol–water partition coefficient (Wildman–Crippen LogP) is -1.27. The van der Waals surface area contributed by atoms with Crippen molar-refractivity contribution in [3.8, 4) is 0 Å². The lowest BCUT2D eigenvalue weighted by atomic mass is 10.3. The van der Waals surface area contributed by atoms with Crippen molar-refractivity contribution in [3.63, 3.8) is 0 Å². The Labute approximate surface area is 111 Å². The molecule has 18 heavy (non-hydrogen) atoms. The second-order valence-electron chi connectivity index (χ2n) is 5.49. The van der Waals surface area contributed by atoms with Gasteiger partial charge in [-0.25, -0.2) is 0 Å². The summed E-state index contributed by atoms with van der Waals surface area (Å²) in [5, 5.41) is 7.10. The molecule has 0 spiro atoms. The largest absolute Gasteiger partial charge is 0.314 e. The van der Waals surface area contributed by atoms with Crippen molar-refractivity contribution in [2.45, 2.75) is 0 Å². The zero-order chi connectivity index (χ0) is 12.6. The second kappa shape index (κ2) is 8.07. The molecule has 0 aromatic carbocycles. The molecule has 0 amide bonds. The molecule has 2 fully saturated rings. The third-order valence-corrected chi connectivity index (χ3v) is 4.02. The maximum Gasteiger partial charge on any atom is 0.0110 e. The molecule has 0 radical (unpaired) electrons. The van der Waals surface area contributed by atoms with E-state index in [2.05, 4.69) is 32.4 Å². The molecule has 5 heteroatoms. The Balaban J connectivity index is 1.90. The molecule has 2 N–H and O–H groups in total. The highest BCUT2D eigenvalue weighted by Gasteiger charge is 2.13. The molecule has 5 nitrogen and oxygen atoms in total. The van der Waals surface area contributed by atoms with Crippen LogP contribution in [-0.2, 0) is 0 Å². The summed E-state index contributed by atoms with van der Waals surface area (Å²) in [6.45, 7) is 14.0. The monoisotopic (exact) mass is 255 g/mol. The van der Waals surface area contributed by atoms with Gasteiger partial charge in [-0.15, -0.1) is 0 Å². The second-order valence-corrected chi connectivity index (χ2v) is 5.49. The van der Waals surface area contributed by atoms with Gasteiger partial charge in [-0.3, -0.25) is 9.80 Å². The first-order chi connectivity index (χ1) is 8.84. The summed E-state index contributed by atoms with van der Waals surface area (Å²) < 4.78 is 0. The van der Waals surface area contributed by atoms with Gasteiger partial charge < -0.3 is 15.5 Å². The van der Waals surface area contributed by atoms with Crippen molar-refractivity contribution in [1.29, 1.82) is 0 Å². The van der Waals surface area contributed by atoms with Crippen LogP contribution in [0.4, 0.5) is 0 Å². The topological polar surface area (TPSA) is 33.8 Å². The first kappa shape index (κ1) is 14.2. The highest BCUT2D eigenvalue weighted by atomic mass is 15.2. The molecule has 0 saturated carbocycles. The van der Waals surface area contributed by atoms with Gasteiger partial charge in [-0.05, 0) is 7.05 Å². The van der Waals surface area contributed by atoms with E-state index in [1.165, 1.54) is 45.8 Å². The van der Waals surface area contributed by atoms with Crippen molar-refractivity contribution in [2.24, 2.45) is 0 Å². The number of hydrogen-bond acceptors (Lipinski definition) is 5. The molecule has 2 rings (SSSR count). The molecule has 2 atom stereocenters. The zero-order valence-electron chi connectivity index (χ0n) is 11.8. The summed E-state index contributed by atoms with van der Waals surface area (Å²) in [5.41, 5.74) is 0. The first-order valence-electron chi connectivity index (χ1n) is 7.39. The molecule has 0 aliphatic carbocycles. The number of likely N-dealkylation sites (N-methyl/N-ethyl adjacent to an activating group) is 1. The van der Waals surface area contributed by atoms with Crippen molar-refractivity contribution in [1.82, 2.24) is 25.3 Å². The highest BCUT2D eigenvalue weighted by Crippen LogP contribution is 1.96. The lowest BCUT2D eigenvalue weighted by Crippen LogP contribution is -2.44. The summed E-state index contributed by atoms with van der Waals surface area (Å²) >= 11 is 0. The van der Waals surface area contributed by atoms with Crippen LogP contribution in [0.3, 0.4) is 0 Å². The molecular weight excluding hydrogens is 226 g/mol. The van der Waals surface area contributed by atoms with E-state index in [0.717, 1.165) is 32.7 Å². The van der Waals surface area contributed by atoms with Crippen LogP contribution in [0.5, 0.6) is 0 Å². The number of nitrogens with zero attached hydrogens (tertiary/aromatic N) is 3. The predicted molar refractivity (Wildman–Crippen MR) is 76.1 cm³/mol. The van der Waals surface area contributed by atoms with Crippen molar-refractivity contribution < 1.29 is 0 Å². The fourth-order valence-electron chi connectivity index (χ4n) is 2.61. The summed E-state index contributed by atoms with van der Waals surface area (Å²) in [5.74, 6) is 0. The van der Waals surface area contributed by atoms with Gasteiger partial charge in [-0.1, -0.05) is 0 Å². The Morgan fingerprint density at radius 2 is 1.00 bits per heavy atom. The molecule has 2 saturated heterocycles. The molecule has 2 aliphatic heterocycles. The smallest absolute Gasteiger partial charge is 0.0110 e. The lowest BCUT2D eigenvalue weighted by molar-refractivity contribution is 0.190. The quantitative estimate of drug-likeness (QED) is 0.564. The van der Waals surface area contributed by atoms with Gasteiger partial charge in [0.05, 0.1) is 0 Å². The van der Waals surface area contributed by atoms with Gasteiger partial charge in [0.2, 0.25) is 0 Å². The first-order valence-corrected chi connectivity index (χ1v) is 7.39. The molecule has 0 aromatic rings. The lowest BCUT2D eigenvalue weighted by Gasteiger charge is -2.28. The van der Waals surface area contributed by atoms with E-state index in [0.29, 0.717) is 0 Å². The van der Waals surface area contributed by atoms with Crippen LogP contribution >= 0.6 is 0 Å². The standard InChI is InChI=1S/C13H29N5/c1-16-6-2-14-3-7-17-8-4-15-5-9-18(11-10-16)13-12-17/h14-15H,2-13H2,1H3. The van der Waals surface area contributed by atoms with Crippen molar-refractivity contribution in [2.75, 3.05) is 85.6 Å². The Morgan fingerprint density at radius 1 is 0.556 bits per heavy atom. The van der Waals surface area contributed by atoms with Crippen LogP contribution in [0.2, 0.25) is 0 Å². The highest BCUT2D eigenvalue weighted by molar-refractivity contribution is 4.71. The van der Waals surface area contributed by atoms with Gasteiger partial charge in [0.1, 0.15) is 0 Å². The van der Waals surface area contributed by atoms with Gasteiger partial charge in [0.15, 0.2) is 0 Å². The molecule has 2 unspecified atom stereocenters. The SMILES string of the molecule is CN1CCNCCN2CCNCCN(CC1)CC2. The maximum absolute atomic E-state index is 3.55. The van der Waals surface area contributed by atoms with Gasteiger partial charge in [0.25, 0.3) is 0 Å². The number of nitrogens with one attached hydrogen (secondary N) is 2. The van der Waals surface area contributed by atoms with E-state index in [9.17, 15) is 0 Å². The van der Waals surface area contributed by atoms with E-state index >= 15 is 0 Å². The van der Waals surface area contributed by atoms with Gasteiger partial charge >= 0.3 is 0 Å². The van der Waals surface area contributed by atoms with E-state index < -0.39 is 0 Å². The number of rotatable bonds is 0. The minimum absolute atomic E-state index is 1.11. The summed E-state index contributed by atoms with van der Waals surface area (Å²) in [7, 11) is 2.23. The normalized spacial score (nSPS) is 33.8. The van der Waals surface area contributed by atoms with Crippen LogP contribution in [0.15, 0.2) is 0 Å². The van der Waals surface area contributed by atoms with Gasteiger partial charge in [0, 0.05) is 78.5 Å². The van der Waals surface area contributed by atoms with Crippen molar-refractivity contribution in [3.05, 3.63) is 0 Å². The molecule has 2 bridgehead atoms. The Kier molecular flexibility index (Phi) is 6.37. The van der Waals surface area contributed by atoms with E-state index in [1.807, 2.05) is 0 Å². The molecule has 0 aromatic heterocycles.